The van der Waals surface area contributed by atoms with Gasteiger partial charge in [-0.2, -0.15) is 0 Å². The standard InChI is InChI=1S/C13H18BrNO2/c1-8(7-16-2)13-6-11(15)10-5-9(14)3-4-12(10)17-13/h3-5,8,11,13H,6-7,15H2,1-2H3. The molecule has 1 aromatic carbocycles. The Morgan fingerprint density at radius 2 is 2.35 bits per heavy atom. The van der Waals surface area contributed by atoms with E-state index in [1.165, 1.54) is 0 Å². The van der Waals surface area contributed by atoms with Crippen LogP contribution in [0.25, 0.3) is 0 Å². The average molecular weight is 300 g/mol. The molecule has 2 rings (SSSR count). The normalized spacial score (nSPS) is 24.9. The topological polar surface area (TPSA) is 44.5 Å². The van der Waals surface area contributed by atoms with Crippen LogP contribution in [-0.4, -0.2) is 19.8 Å². The molecule has 0 radical (unpaired) electrons. The zero-order chi connectivity index (χ0) is 12.4. The van der Waals surface area contributed by atoms with E-state index in [-0.39, 0.29) is 12.1 Å². The van der Waals surface area contributed by atoms with Gasteiger partial charge in [-0.1, -0.05) is 22.9 Å². The van der Waals surface area contributed by atoms with Gasteiger partial charge in [0.2, 0.25) is 0 Å². The number of hydrogen-bond donors (Lipinski definition) is 1. The monoisotopic (exact) mass is 299 g/mol. The molecule has 0 spiro atoms. The fourth-order valence-electron chi connectivity index (χ4n) is 2.22. The van der Waals surface area contributed by atoms with Gasteiger partial charge in [-0.3, -0.25) is 0 Å². The largest absolute Gasteiger partial charge is 0.490 e. The highest BCUT2D eigenvalue weighted by molar-refractivity contribution is 9.10. The van der Waals surface area contributed by atoms with Gasteiger partial charge in [0, 0.05) is 35.5 Å². The Bertz CT molecular complexity index is 397. The maximum atomic E-state index is 6.20. The molecule has 0 aliphatic carbocycles. The maximum Gasteiger partial charge on any atom is 0.124 e. The third kappa shape index (κ3) is 2.81. The molecule has 1 aliphatic heterocycles. The molecule has 0 amide bonds. The fraction of sp³-hybridized carbons (Fsp3) is 0.538. The lowest BCUT2D eigenvalue weighted by molar-refractivity contribution is 0.0538. The number of benzene rings is 1. The number of methoxy groups -OCH3 is 1. The number of hydrogen-bond acceptors (Lipinski definition) is 3. The van der Waals surface area contributed by atoms with E-state index in [1.54, 1.807) is 7.11 Å². The van der Waals surface area contributed by atoms with Crippen molar-refractivity contribution in [3.63, 3.8) is 0 Å². The van der Waals surface area contributed by atoms with E-state index >= 15 is 0 Å². The molecule has 94 valence electrons. The van der Waals surface area contributed by atoms with E-state index in [9.17, 15) is 0 Å². The van der Waals surface area contributed by atoms with Crippen molar-refractivity contribution in [3.8, 4) is 5.75 Å². The minimum atomic E-state index is 0.0422. The Hall–Kier alpha value is -0.580. The summed E-state index contributed by atoms with van der Waals surface area (Å²) in [5.41, 5.74) is 7.28. The summed E-state index contributed by atoms with van der Waals surface area (Å²) in [5, 5.41) is 0. The number of fused-ring (bicyclic) bond motifs is 1. The summed E-state index contributed by atoms with van der Waals surface area (Å²) >= 11 is 3.46. The Balaban J connectivity index is 2.18. The summed E-state index contributed by atoms with van der Waals surface area (Å²) in [7, 11) is 1.71. The van der Waals surface area contributed by atoms with Crippen LogP contribution in [0.3, 0.4) is 0 Å². The zero-order valence-corrected chi connectivity index (χ0v) is 11.7. The van der Waals surface area contributed by atoms with Gasteiger partial charge in [-0.15, -0.1) is 0 Å². The van der Waals surface area contributed by atoms with Crippen molar-refractivity contribution in [2.75, 3.05) is 13.7 Å². The van der Waals surface area contributed by atoms with Crippen LogP contribution in [0.4, 0.5) is 0 Å². The molecule has 2 N–H and O–H groups in total. The first-order valence-corrected chi connectivity index (χ1v) is 6.61. The van der Waals surface area contributed by atoms with Crippen LogP contribution >= 0.6 is 15.9 Å². The molecule has 1 aliphatic rings. The van der Waals surface area contributed by atoms with E-state index in [4.69, 9.17) is 15.2 Å². The van der Waals surface area contributed by atoms with Crippen LogP contribution in [0.2, 0.25) is 0 Å². The molecule has 3 unspecified atom stereocenters. The molecule has 0 bridgehead atoms. The molecular formula is C13H18BrNO2. The van der Waals surface area contributed by atoms with Gasteiger partial charge in [0.05, 0.1) is 6.61 Å². The highest BCUT2D eigenvalue weighted by Crippen LogP contribution is 2.37. The summed E-state index contributed by atoms with van der Waals surface area (Å²) in [4.78, 5) is 0. The van der Waals surface area contributed by atoms with E-state index in [0.29, 0.717) is 12.5 Å². The number of nitrogens with two attached hydrogens (primary N) is 1. The fourth-order valence-corrected chi connectivity index (χ4v) is 2.60. The van der Waals surface area contributed by atoms with Crippen molar-refractivity contribution in [1.82, 2.24) is 0 Å². The minimum absolute atomic E-state index is 0.0422. The molecule has 17 heavy (non-hydrogen) atoms. The number of ether oxygens (including phenoxy) is 2. The van der Waals surface area contributed by atoms with E-state index in [0.717, 1.165) is 22.2 Å². The van der Waals surface area contributed by atoms with Gasteiger partial charge in [-0.05, 0) is 18.2 Å². The number of halogens is 1. The SMILES string of the molecule is COCC(C)C1CC(N)c2cc(Br)ccc2O1. The molecule has 3 nitrogen and oxygen atoms in total. The second-order valence-corrected chi connectivity index (χ2v) is 5.53. The molecule has 1 aromatic rings. The van der Waals surface area contributed by atoms with Crippen LogP contribution in [-0.2, 0) is 4.74 Å². The summed E-state index contributed by atoms with van der Waals surface area (Å²) < 4.78 is 12.2. The molecule has 1 heterocycles. The highest BCUT2D eigenvalue weighted by Gasteiger charge is 2.29. The van der Waals surface area contributed by atoms with Crippen LogP contribution in [0, 0.1) is 5.92 Å². The second kappa shape index (κ2) is 5.38. The van der Waals surface area contributed by atoms with Crippen molar-refractivity contribution in [2.24, 2.45) is 11.7 Å². The van der Waals surface area contributed by atoms with Crippen molar-refractivity contribution in [2.45, 2.75) is 25.5 Å². The van der Waals surface area contributed by atoms with E-state index in [2.05, 4.69) is 22.9 Å². The van der Waals surface area contributed by atoms with Gasteiger partial charge in [0.1, 0.15) is 11.9 Å². The van der Waals surface area contributed by atoms with Crippen LogP contribution in [0.15, 0.2) is 22.7 Å². The lowest BCUT2D eigenvalue weighted by Crippen LogP contribution is -2.35. The van der Waals surface area contributed by atoms with Gasteiger partial charge in [-0.25, -0.2) is 0 Å². The van der Waals surface area contributed by atoms with Gasteiger partial charge in [0.15, 0.2) is 0 Å². The molecular weight excluding hydrogens is 282 g/mol. The average Bonchev–Trinajstić information content (AvgIpc) is 2.30. The summed E-state index contributed by atoms with van der Waals surface area (Å²) in [6.45, 7) is 2.83. The third-order valence-corrected chi connectivity index (χ3v) is 3.69. The lowest BCUT2D eigenvalue weighted by atomic mass is 9.91. The third-order valence-electron chi connectivity index (χ3n) is 3.20. The molecule has 3 atom stereocenters. The molecule has 4 heteroatoms. The van der Waals surface area contributed by atoms with Crippen molar-refractivity contribution in [3.05, 3.63) is 28.2 Å². The maximum absolute atomic E-state index is 6.20. The highest BCUT2D eigenvalue weighted by atomic mass is 79.9. The first-order valence-electron chi connectivity index (χ1n) is 5.82. The van der Waals surface area contributed by atoms with Gasteiger partial charge in [0.25, 0.3) is 0 Å². The predicted molar refractivity (Wildman–Crippen MR) is 71.1 cm³/mol. The van der Waals surface area contributed by atoms with Gasteiger partial charge >= 0.3 is 0 Å². The summed E-state index contributed by atoms with van der Waals surface area (Å²) in [5.74, 6) is 1.25. The molecule has 0 saturated heterocycles. The second-order valence-electron chi connectivity index (χ2n) is 4.61. The smallest absolute Gasteiger partial charge is 0.124 e. The first kappa shape index (κ1) is 12.9. The van der Waals surface area contributed by atoms with Gasteiger partial charge < -0.3 is 15.2 Å². The van der Waals surface area contributed by atoms with Crippen LogP contribution in [0.5, 0.6) is 5.75 Å². The Kier molecular flexibility index (Phi) is 4.07. The summed E-state index contributed by atoms with van der Waals surface area (Å²) in [6.07, 6.45) is 0.979. The van der Waals surface area contributed by atoms with E-state index < -0.39 is 0 Å². The Labute approximate surface area is 110 Å². The van der Waals surface area contributed by atoms with Crippen molar-refractivity contribution >= 4 is 15.9 Å². The minimum Gasteiger partial charge on any atom is -0.490 e. The number of rotatable bonds is 3. The van der Waals surface area contributed by atoms with Crippen LogP contribution < -0.4 is 10.5 Å². The quantitative estimate of drug-likeness (QED) is 0.933. The van der Waals surface area contributed by atoms with Crippen molar-refractivity contribution < 1.29 is 9.47 Å². The van der Waals surface area contributed by atoms with E-state index in [1.807, 2.05) is 18.2 Å². The molecule has 0 fully saturated rings. The Morgan fingerprint density at radius 1 is 1.59 bits per heavy atom. The Morgan fingerprint density at radius 3 is 3.06 bits per heavy atom. The molecule has 0 saturated carbocycles. The zero-order valence-electron chi connectivity index (χ0n) is 10.2. The molecule has 0 aromatic heterocycles. The summed E-state index contributed by atoms with van der Waals surface area (Å²) in [6, 6.07) is 6.04. The predicted octanol–water partition coefficient (Wildman–Crippen LogP) is 2.88. The van der Waals surface area contributed by atoms with Crippen molar-refractivity contribution in [1.29, 1.82) is 0 Å². The van der Waals surface area contributed by atoms with Crippen LogP contribution in [0.1, 0.15) is 24.9 Å². The first-order chi connectivity index (χ1) is 8.11. The lowest BCUT2D eigenvalue weighted by Gasteiger charge is -2.33.